The standard InChI is InChI=1S/C10H8BN2O3/c14-7-15-11-16-10-6-12-5-8-3-1-2-4-9(8)13-10/h1-7,13H. The molecule has 6 heteroatoms. The second-order valence-corrected chi connectivity index (χ2v) is 2.93. The van der Waals surface area contributed by atoms with Crippen molar-refractivity contribution in [2.45, 2.75) is 0 Å². The van der Waals surface area contributed by atoms with Gasteiger partial charge < -0.3 is 14.6 Å². The molecule has 0 spiro atoms. The summed E-state index contributed by atoms with van der Waals surface area (Å²) in [5.41, 5.74) is 1.82. The summed E-state index contributed by atoms with van der Waals surface area (Å²) in [4.78, 5) is 13.9. The highest BCUT2D eigenvalue weighted by molar-refractivity contribution is 6.21. The molecule has 1 heterocycles. The molecule has 0 unspecified atom stereocenters. The Morgan fingerprint density at radius 3 is 3.12 bits per heavy atom. The number of para-hydroxylation sites is 1. The largest absolute Gasteiger partial charge is 0.660 e. The van der Waals surface area contributed by atoms with E-state index in [4.69, 9.17) is 4.65 Å². The Morgan fingerprint density at radius 1 is 1.38 bits per heavy atom. The SMILES string of the molecule is O=CO[B]OC1=CN=Cc2ccccc2N1. The zero-order valence-corrected chi connectivity index (χ0v) is 8.29. The van der Waals surface area contributed by atoms with E-state index < -0.39 is 0 Å². The van der Waals surface area contributed by atoms with Crippen molar-refractivity contribution in [2.24, 2.45) is 4.99 Å². The average molecular weight is 215 g/mol. The molecule has 2 rings (SSSR count). The van der Waals surface area contributed by atoms with E-state index in [1.807, 2.05) is 24.3 Å². The van der Waals surface area contributed by atoms with Crippen LogP contribution in [0.1, 0.15) is 5.56 Å². The summed E-state index contributed by atoms with van der Waals surface area (Å²) < 4.78 is 9.32. The van der Waals surface area contributed by atoms with Gasteiger partial charge in [0.25, 0.3) is 6.47 Å². The predicted molar refractivity (Wildman–Crippen MR) is 59.7 cm³/mol. The molecule has 1 aromatic rings. The number of rotatable bonds is 4. The molecule has 5 nitrogen and oxygen atoms in total. The van der Waals surface area contributed by atoms with E-state index in [1.54, 1.807) is 6.21 Å². The summed E-state index contributed by atoms with van der Waals surface area (Å²) in [6.45, 7) is 0.272. The lowest BCUT2D eigenvalue weighted by Gasteiger charge is -2.10. The highest BCUT2D eigenvalue weighted by atomic mass is 16.6. The van der Waals surface area contributed by atoms with Crippen molar-refractivity contribution in [1.82, 2.24) is 0 Å². The van der Waals surface area contributed by atoms with Crippen LogP contribution in [0.25, 0.3) is 0 Å². The van der Waals surface area contributed by atoms with Crippen LogP contribution in [0.3, 0.4) is 0 Å². The number of fused-ring (bicyclic) bond motifs is 1. The Bertz CT molecular complexity index is 445. The monoisotopic (exact) mass is 215 g/mol. The maximum atomic E-state index is 9.91. The lowest BCUT2D eigenvalue weighted by atomic mass is 10.2. The summed E-state index contributed by atoms with van der Waals surface area (Å²) in [6, 6.07) is 7.63. The van der Waals surface area contributed by atoms with Crippen molar-refractivity contribution in [3.63, 3.8) is 0 Å². The zero-order chi connectivity index (χ0) is 11.2. The van der Waals surface area contributed by atoms with Crippen molar-refractivity contribution >= 4 is 26.1 Å². The Morgan fingerprint density at radius 2 is 2.25 bits per heavy atom. The molecule has 16 heavy (non-hydrogen) atoms. The van der Waals surface area contributed by atoms with Gasteiger partial charge in [-0.2, -0.15) is 0 Å². The molecular weight excluding hydrogens is 207 g/mol. The molecule has 1 aliphatic heterocycles. The van der Waals surface area contributed by atoms with Crippen LogP contribution < -0.4 is 5.32 Å². The Balaban J connectivity index is 2.07. The van der Waals surface area contributed by atoms with Gasteiger partial charge in [-0.1, -0.05) is 18.2 Å². The van der Waals surface area contributed by atoms with Gasteiger partial charge >= 0.3 is 7.69 Å². The first-order valence-corrected chi connectivity index (χ1v) is 4.57. The number of carbonyl (C=O) groups is 1. The van der Waals surface area contributed by atoms with E-state index in [9.17, 15) is 4.79 Å². The fourth-order valence-electron chi connectivity index (χ4n) is 1.24. The molecule has 0 fully saturated rings. The topological polar surface area (TPSA) is 59.9 Å². The van der Waals surface area contributed by atoms with Gasteiger partial charge in [0, 0.05) is 17.5 Å². The Kier molecular flexibility index (Phi) is 3.23. The normalized spacial score (nSPS) is 12.6. The van der Waals surface area contributed by atoms with Crippen molar-refractivity contribution in [2.75, 3.05) is 5.32 Å². The van der Waals surface area contributed by atoms with Crippen molar-refractivity contribution in [3.8, 4) is 0 Å². The van der Waals surface area contributed by atoms with Crippen molar-refractivity contribution in [1.29, 1.82) is 0 Å². The van der Waals surface area contributed by atoms with E-state index in [0.29, 0.717) is 5.88 Å². The Labute approximate surface area is 93.1 Å². The molecular formula is C10H8BN2O3. The highest BCUT2D eigenvalue weighted by Gasteiger charge is 2.07. The maximum Gasteiger partial charge on any atom is 0.660 e. The first kappa shape index (κ1) is 10.3. The zero-order valence-electron chi connectivity index (χ0n) is 8.29. The number of anilines is 1. The van der Waals surface area contributed by atoms with Crippen LogP contribution in [0, 0.1) is 0 Å². The lowest BCUT2D eigenvalue weighted by molar-refractivity contribution is -0.121. The van der Waals surface area contributed by atoms with Gasteiger partial charge in [0.2, 0.25) is 0 Å². The summed E-state index contributed by atoms with van der Waals surface area (Å²) in [5.74, 6) is 0.378. The maximum absolute atomic E-state index is 9.91. The molecule has 79 valence electrons. The molecule has 0 bridgehead atoms. The third-order valence-corrected chi connectivity index (χ3v) is 1.91. The van der Waals surface area contributed by atoms with Crippen molar-refractivity contribution in [3.05, 3.63) is 41.9 Å². The first-order valence-electron chi connectivity index (χ1n) is 4.57. The summed E-state index contributed by atoms with van der Waals surface area (Å²) in [5, 5.41) is 3.01. The van der Waals surface area contributed by atoms with Crippen LogP contribution >= 0.6 is 0 Å². The van der Waals surface area contributed by atoms with Crippen LogP contribution in [0.5, 0.6) is 0 Å². The number of aliphatic imine (C=N–C) groups is 1. The summed E-state index contributed by atoms with van der Waals surface area (Å²) >= 11 is 0. The first-order chi connectivity index (χ1) is 7.90. The smallest absolute Gasteiger partial charge is 0.512 e. The summed E-state index contributed by atoms with van der Waals surface area (Å²) in [6.07, 6.45) is 3.20. The molecule has 0 amide bonds. The molecule has 1 aromatic carbocycles. The van der Waals surface area contributed by atoms with E-state index in [0.717, 1.165) is 18.9 Å². The van der Waals surface area contributed by atoms with Gasteiger partial charge in [-0.3, -0.25) is 9.79 Å². The lowest BCUT2D eigenvalue weighted by Crippen LogP contribution is -2.09. The second-order valence-electron chi connectivity index (χ2n) is 2.93. The van der Waals surface area contributed by atoms with Gasteiger partial charge in [0.05, 0.1) is 6.20 Å². The number of nitrogens with zero attached hydrogens (tertiary/aromatic N) is 1. The van der Waals surface area contributed by atoms with Crippen LogP contribution in [-0.4, -0.2) is 20.4 Å². The number of benzene rings is 1. The molecule has 0 saturated carbocycles. The Hall–Kier alpha value is -2.24. The number of hydrogen-bond donors (Lipinski definition) is 1. The van der Waals surface area contributed by atoms with Crippen LogP contribution in [0.15, 0.2) is 41.3 Å². The minimum absolute atomic E-state index is 0.272. The quantitative estimate of drug-likeness (QED) is 0.463. The highest BCUT2D eigenvalue weighted by Crippen LogP contribution is 2.17. The predicted octanol–water partition coefficient (Wildman–Crippen LogP) is 1.05. The van der Waals surface area contributed by atoms with Crippen molar-refractivity contribution < 1.29 is 14.1 Å². The average Bonchev–Trinajstić information content (AvgIpc) is 2.51. The van der Waals surface area contributed by atoms with E-state index in [2.05, 4.69) is 15.0 Å². The van der Waals surface area contributed by atoms with Gasteiger partial charge in [-0.25, -0.2) is 0 Å². The van der Waals surface area contributed by atoms with Crippen LogP contribution in [-0.2, 0) is 14.1 Å². The van der Waals surface area contributed by atoms with Gasteiger partial charge in [0.1, 0.15) is 0 Å². The van der Waals surface area contributed by atoms with Gasteiger partial charge in [-0.15, -0.1) is 0 Å². The van der Waals surface area contributed by atoms with E-state index in [1.165, 1.54) is 6.20 Å². The number of nitrogens with one attached hydrogen (secondary N) is 1. The molecule has 1 N–H and O–H groups in total. The fourth-order valence-corrected chi connectivity index (χ4v) is 1.24. The molecule has 0 aliphatic carbocycles. The molecule has 1 radical (unpaired) electrons. The fraction of sp³-hybridized carbons (Fsp3) is 0. The molecule has 0 atom stereocenters. The minimum Gasteiger partial charge on any atom is -0.512 e. The third kappa shape index (κ3) is 2.41. The van der Waals surface area contributed by atoms with E-state index >= 15 is 0 Å². The molecule has 0 aromatic heterocycles. The van der Waals surface area contributed by atoms with Gasteiger partial charge in [0.15, 0.2) is 5.88 Å². The van der Waals surface area contributed by atoms with Gasteiger partial charge in [-0.05, 0) is 6.07 Å². The third-order valence-electron chi connectivity index (χ3n) is 1.91. The summed E-state index contributed by atoms with van der Waals surface area (Å²) in [7, 11) is 0.926. The second kappa shape index (κ2) is 5.02. The number of hydrogen-bond acceptors (Lipinski definition) is 5. The molecule has 1 aliphatic rings. The van der Waals surface area contributed by atoms with E-state index in [-0.39, 0.29) is 6.47 Å². The minimum atomic E-state index is 0.272. The van der Waals surface area contributed by atoms with Crippen LogP contribution in [0.2, 0.25) is 0 Å². The number of carbonyl (C=O) groups excluding carboxylic acids is 1. The molecule has 0 saturated heterocycles. The van der Waals surface area contributed by atoms with Crippen LogP contribution in [0.4, 0.5) is 5.69 Å².